The number of hydrogen-bond donors (Lipinski definition) is 3. The van der Waals surface area contributed by atoms with Gasteiger partial charge < -0.3 is 25.6 Å². The fourth-order valence-electron chi connectivity index (χ4n) is 4.56. The van der Waals surface area contributed by atoms with Gasteiger partial charge in [0.05, 0.1) is 29.8 Å². The highest BCUT2D eigenvalue weighted by Gasteiger charge is 2.34. The number of aliphatic hydroxyl groups is 1. The molecule has 2 aromatic carbocycles. The first-order valence-electron chi connectivity index (χ1n) is 13.5. The van der Waals surface area contributed by atoms with Gasteiger partial charge in [0.15, 0.2) is 6.61 Å². The zero-order valence-electron chi connectivity index (χ0n) is 24.0. The zero-order chi connectivity index (χ0) is 29.3. The van der Waals surface area contributed by atoms with Crippen molar-refractivity contribution in [1.29, 1.82) is 0 Å². The molecule has 0 radical (unpaired) electrons. The van der Waals surface area contributed by atoms with Gasteiger partial charge in [0.2, 0.25) is 0 Å². The number of hydrogen-bond acceptors (Lipinski definition) is 7. The summed E-state index contributed by atoms with van der Waals surface area (Å²) in [6.45, 7) is 8.82. The summed E-state index contributed by atoms with van der Waals surface area (Å²) in [5.41, 5.74) is 9.13. The van der Waals surface area contributed by atoms with Crippen molar-refractivity contribution in [2.24, 2.45) is 11.7 Å². The Hall–Kier alpha value is -3.75. The maximum atomic E-state index is 13.2. The molecule has 1 aromatic heterocycles. The molecule has 0 aliphatic heterocycles. The van der Waals surface area contributed by atoms with Gasteiger partial charge in [-0.25, -0.2) is 0 Å². The Bertz CT molecular complexity index is 1220. The number of aryl methyl sites for hydroxylation is 2. The number of amides is 1. The van der Waals surface area contributed by atoms with E-state index in [1.807, 2.05) is 80.6 Å². The van der Waals surface area contributed by atoms with E-state index < -0.39 is 41.6 Å². The first-order chi connectivity index (χ1) is 18.9. The van der Waals surface area contributed by atoms with Gasteiger partial charge in [-0.05, 0) is 70.2 Å². The normalized spacial score (nSPS) is 14.5. The predicted octanol–water partition coefficient (Wildman–Crippen LogP) is 4.21. The van der Waals surface area contributed by atoms with Gasteiger partial charge in [-0.2, -0.15) is 0 Å². The van der Waals surface area contributed by atoms with E-state index in [-0.39, 0.29) is 13.0 Å². The maximum Gasteiger partial charge on any atom is 0.309 e. The summed E-state index contributed by atoms with van der Waals surface area (Å²) < 4.78 is 11.5. The van der Waals surface area contributed by atoms with Gasteiger partial charge in [0.25, 0.3) is 5.91 Å². The van der Waals surface area contributed by atoms with E-state index in [0.717, 1.165) is 16.7 Å². The molecule has 1 amide bonds. The molecule has 8 heteroatoms. The van der Waals surface area contributed by atoms with Crippen LogP contribution in [0.3, 0.4) is 0 Å². The molecule has 1 heterocycles. The molecular formula is C32H41N3O5. The third-order valence-corrected chi connectivity index (χ3v) is 6.53. The van der Waals surface area contributed by atoms with Crippen molar-refractivity contribution >= 4 is 11.9 Å². The van der Waals surface area contributed by atoms with E-state index >= 15 is 0 Å². The van der Waals surface area contributed by atoms with Crippen molar-refractivity contribution < 1.29 is 24.2 Å². The van der Waals surface area contributed by atoms with Crippen LogP contribution in [0.5, 0.6) is 5.75 Å². The highest BCUT2D eigenvalue weighted by atomic mass is 16.6. The predicted molar refractivity (Wildman–Crippen MR) is 155 cm³/mol. The first-order valence-corrected chi connectivity index (χ1v) is 13.5. The molecule has 3 rings (SSSR count). The van der Waals surface area contributed by atoms with E-state index in [9.17, 15) is 14.7 Å². The van der Waals surface area contributed by atoms with Gasteiger partial charge in [-0.3, -0.25) is 14.6 Å². The number of aliphatic hydroxyl groups excluding tert-OH is 1. The van der Waals surface area contributed by atoms with Crippen LogP contribution >= 0.6 is 0 Å². The van der Waals surface area contributed by atoms with Crippen LogP contribution in [-0.2, 0) is 20.7 Å². The standard InChI is InChI=1S/C32H41N3O5/c1-21-16-17-34-22(2)30(21)39-20-27(37)35-29(28(33)24-14-10-7-11-15-24)26(36)19-25(31(38)40-32(3,4)5)18-23-12-8-6-9-13-23/h6-17,25-26,28-29,36H,18-20,33H2,1-5H3,(H,35,37)/t25-,26-,28?,29+/m0/s1. The first kappa shape index (κ1) is 30.8. The Balaban J connectivity index is 1.82. The molecule has 8 nitrogen and oxygen atoms in total. The van der Waals surface area contributed by atoms with Crippen molar-refractivity contribution in [2.75, 3.05) is 6.61 Å². The van der Waals surface area contributed by atoms with Crippen molar-refractivity contribution in [1.82, 2.24) is 10.3 Å². The highest BCUT2D eigenvalue weighted by molar-refractivity contribution is 5.78. The number of ether oxygens (including phenoxy) is 2. The Morgan fingerprint density at radius 2 is 1.62 bits per heavy atom. The van der Waals surface area contributed by atoms with Crippen LogP contribution < -0.4 is 15.8 Å². The van der Waals surface area contributed by atoms with Crippen LogP contribution in [0.1, 0.15) is 55.6 Å². The molecule has 0 spiro atoms. The van der Waals surface area contributed by atoms with Crippen LogP contribution in [0.25, 0.3) is 0 Å². The summed E-state index contributed by atoms with van der Waals surface area (Å²) in [5, 5.41) is 14.4. The Morgan fingerprint density at radius 3 is 2.23 bits per heavy atom. The average Bonchev–Trinajstić information content (AvgIpc) is 2.90. The number of aromatic nitrogens is 1. The van der Waals surface area contributed by atoms with Gasteiger partial charge in [0, 0.05) is 6.20 Å². The van der Waals surface area contributed by atoms with Gasteiger partial charge in [0.1, 0.15) is 11.4 Å². The second kappa shape index (κ2) is 14.1. The minimum absolute atomic E-state index is 0.0387. The van der Waals surface area contributed by atoms with Crippen molar-refractivity contribution in [2.45, 2.75) is 71.2 Å². The van der Waals surface area contributed by atoms with E-state index in [2.05, 4.69) is 10.3 Å². The lowest BCUT2D eigenvalue weighted by atomic mass is 9.87. The highest BCUT2D eigenvalue weighted by Crippen LogP contribution is 2.25. The number of benzene rings is 2. The summed E-state index contributed by atoms with van der Waals surface area (Å²) >= 11 is 0. The van der Waals surface area contributed by atoms with E-state index in [1.54, 1.807) is 27.0 Å². The number of nitrogens with one attached hydrogen (secondary N) is 1. The SMILES string of the molecule is Cc1ccnc(C)c1OCC(=O)N[C@@H](C(N)c1ccccc1)[C@@H](O)C[C@H](Cc1ccccc1)C(=O)OC(C)(C)C. The van der Waals surface area contributed by atoms with E-state index in [1.165, 1.54) is 0 Å². The quantitative estimate of drug-likeness (QED) is 0.290. The molecule has 0 aliphatic carbocycles. The lowest BCUT2D eigenvalue weighted by molar-refractivity contribution is -0.161. The van der Waals surface area contributed by atoms with Gasteiger partial charge in [-0.15, -0.1) is 0 Å². The average molecular weight is 548 g/mol. The smallest absolute Gasteiger partial charge is 0.309 e. The second-order valence-corrected chi connectivity index (χ2v) is 11.1. The molecule has 0 saturated carbocycles. The molecule has 3 aromatic rings. The molecule has 4 atom stereocenters. The molecule has 0 saturated heterocycles. The van der Waals surface area contributed by atoms with Crippen LogP contribution in [0.15, 0.2) is 72.9 Å². The Morgan fingerprint density at radius 1 is 1.00 bits per heavy atom. The third-order valence-electron chi connectivity index (χ3n) is 6.53. The summed E-state index contributed by atoms with van der Waals surface area (Å²) in [5.74, 6) is -0.986. The largest absolute Gasteiger partial charge is 0.482 e. The second-order valence-electron chi connectivity index (χ2n) is 11.1. The molecule has 214 valence electrons. The lowest BCUT2D eigenvalue weighted by Crippen LogP contribution is -2.52. The number of carbonyl (C=O) groups excluding carboxylic acids is 2. The molecule has 0 fully saturated rings. The molecular weight excluding hydrogens is 506 g/mol. The zero-order valence-corrected chi connectivity index (χ0v) is 24.0. The van der Waals surface area contributed by atoms with Crippen LogP contribution in [0, 0.1) is 19.8 Å². The van der Waals surface area contributed by atoms with E-state index in [0.29, 0.717) is 17.9 Å². The number of esters is 1. The summed E-state index contributed by atoms with van der Waals surface area (Å²) in [6.07, 6.45) is 0.940. The molecule has 0 bridgehead atoms. The van der Waals surface area contributed by atoms with Crippen LogP contribution in [0.2, 0.25) is 0 Å². The number of nitrogens with zero attached hydrogens (tertiary/aromatic N) is 1. The van der Waals surface area contributed by atoms with Crippen LogP contribution in [0.4, 0.5) is 0 Å². The van der Waals surface area contributed by atoms with Crippen molar-refractivity contribution in [3.05, 3.63) is 95.3 Å². The molecule has 4 N–H and O–H groups in total. The molecule has 1 unspecified atom stereocenters. The fourth-order valence-corrected chi connectivity index (χ4v) is 4.56. The van der Waals surface area contributed by atoms with Gasteiger partial charge >= 0.3 is 5.97 Å². The topological polar surface area (TPSA) is 124 Å². The van der Waals surface area contributed by atoms with Crippen molar-refractivity contribution in [3.8, 4) is 5.75 Å². The minimum Gasteiger partial charge on any atom is -0.482 e. The van der Waals surface area contributed by atoms with Crippen LogP contribution in [-0.4, -0.2) is 46.3 Å². The lowest BCUT2D eigenvalue weighted by Gasteiger charge is -2.32. The molecule has 40 heavy (non-hydrogen) atoms. The minimum atomic E-state index is -1.15. The number of nitrogens with two attached hydrogens (primary N) is 1. The van der Waals surface area contributed by atoms with Gasteiger partial charge in [-0.1, -0.05) is 60.7 Å². The fraction of sp³-hybridized carbons (Fsp3) is 0.406. The van der Waals surface area contributed by atoms with E-state index in [4.69, 9.17) is 15.2 Å². The summed E-state index contributed by atoms with van der Waals surface area (Å²) in [4.78, 5) is 30.5. The molecule has 0 aliphatic rings. The maximum absolute atomic E-state index is 13.2. The summed E-state index contributed by atoms with van der Waals surface area (Å²) in [6, 6.07) is 19.0. The number of pyridine rings is 1. The third kappa shape index (κ3) is 9.17. The summed E-state index contributed by atoms with van der Waals surface area (Å²) in [7, 11) is 0. The van der Waals surface area contributed by atoms with Crippen molar-refractivity contribution in [3.63, 3.8) is 0 Å². The Labute approximate surface area is 236 Å². The Kier molecular flexibility index (Phi) is 10.8. The number of rotatable bonds is 12. The monoisotopic (exact) mass is 547 g/mol. The number of carbonyl (C=O) groups is 2.